The van der Waals surface area contributed by atoms with Gasteiger partial charge in [0.1, 0.15) is 0 Å². The third kappa shape index (κ3) is 4.23. The minimum atomic E-state index is 0.369. The lowest BCUT2D eigenvalue weighted by atomic mass is 10.3. The molecular formula is C8H15N3. The highest BCUT2D eigenvalue weighted by atomic mass is 15.0. The average molecular weight is 153 g/mol. The van der Waals surface area contributed by atoms with Crippen LogP contribution < -0.4 is 11.1 Å². The molecule has 0 saturated carbocycles. The van der Waals surface area contributed by atoms with E-state index in [0.717, 1.165) is 5.70 Å². The number of nitrogens with two attached hydrogens (primary N) is 1. The Morgan fingerprint density at radius 2 is 2.18 bits per heavy atom. The normalized spacial score (nSPS) is 12.0. The Labute approximate surface area is 67.7 Å². The van der Waals surface area contributed by atoms with Gasteiger partial charge in [-0.2, -0.15) is 4.99 Å². The molecule has 0 aliphatic rings. The van der Waals surface area contributed by atoms with Crippen LogP contribution in [0.25, 0.3) is 0 Å². The molecule has 0 saturated heterocycles. The molecule has 0 aromatic carbocycles. The van der Waals surface area contributed by atoms with Crippen LogP contribution in [0.2, 0.25) is 0 Å². The molecule has 0 aliphatic heterocycles. The number of rotatable bonds is 3. The van der Waals surface area contributed by atoms with Crippen LogP contribution in [0.15, 0.2) is 23.1 Å². The lowest BCUT2D eigenvalue weighted by molar-refractivity contribution is 0.661. The molecule has 11 heavy (non-hydrogen) atoms. The van der Waals surface area contributed by atoms with Gasteiger partial charge >= 0.3 is 0 Å². The summed E-state index contributed by atoms with van der Waals surface area (Å²) in [6.07, 6.45) is 0. The van der Waals surface area contributed by atoms with Crippen LogP contribution in [0.3, 0.4) is 0 Å². The summed E-state index contributed by atoms with van der Waals surface area (Å²) in [4.78, 5) is 3.71. The molecule has 0 aliphatic carbocycles. The Morgan fingerprint density at radius 1 is 1.64 bits per heavy atom. The van der Waals surface area contributed by atoms with Crippen LogP contribution in [0, 0.1) is 0 Å². The van der Waals surface area contributed by atoms with Crippen molar-refractivity contribution in [1.82, 2.24) is 5.32 Å². The third-order valence-corrected chi connectivity index (χ3v) is 1.09. The van der Waals surface area contributed by atoms with Gasteiger partial charge in [0.05, 0.1) is 5.70 Å². The predicted octanol–water partition coefficient (Wildman–Crippen LogP) is 0.988. The van der Waals surface area contributed by atoms with Crippen LogP contribution >= 0.6 is 0 Å². The Kier molecular flexibility index (Phi) is 4.08. The Morgan fingerprint density at radius 3 is 2.55 bits per heavy atom. The van der Waals surface area contributed by atoms with E-state index >= 15 is 0 Å². The molecular weight excluding hydrogens is 138 g/mol. The predicted molar refractivity (Wildman–Crippen MR) is 48.2 cm³/mol. The first-order valence-corrected chi connectivity index (χ1v) is 3.53. The third-order valence-electron chi connectivity index (χ3n) is 1.09. The number of hydrogen-bond acceptors (Lipinski definition) is 3. The van der Waals surface area contributed by atoms with Gasteiger partial charge in [-0.1, -0.05) is 0 Å². The molecule has 0 bridgehead atoms. The molecule has 3 nitrogen and oxygen atoms in total. The first kappa shape index (κ1) is 9.79. The summed E-state index contributed by atoms with van der Waals surface area (Å²) in [7, 11) is 0. The van der Waals surface area contributed by atoms with E-state index in [1.54, 1.807) is 0 Å². The zero-order valence-electron chi connectivity index (χ0n) is 7.31. The first-order chi connectivity index (χ1) is 5.07. The van der Waals surface area contributed by atoms with Gasteiger partial charge in [-0.15, -0.1) is 0 Å². The maximum atomic E-state index is 5.52. The fourth-order valence-electron chi connectivity index (χ4n) is 0.676. The Bertz CT molecular complexity index is 197. The van der Waals surface area contributed by atoms with Crippen molar-refractivity contribution >= 4 is 5.87 Å². The van der Waals surface area contributed by atoms with Crippen molar-refractivity contribution in [3.8, 4) is 0 Å². The van der Waals surface area contributed by atoms with E-state index < -0.39 is 0 Å². The quantitative estimate of drug-likeness (QED) is 0.594. The van der Waals surface area contributed by atoms with E-state index in [-0.39, 0.29) is 0 Å². The van der Waals surface area contributed by atoms with Gasteiger partial charge in [0.15, 0.2) is 5.82 Å². The number of hydrogen-bond donors (Lipinski definition) is 2. The molecule has 0 unspecified atom stereocenters. The number of allylic oxidation sites excluding steroid dienone is 1. The molecule has 0 fully saturated rings. The molecule has 0 amide bonds. The van der Waals surface area contributed by atoms with Crippen molar-refractivity contribution < 1.29 is 0 Å². The summed E-state index contributed by atoms with van der Waals surface area (Å²) in [5, 5.41) is 3.12. The summed E-state index contributed by atoms with van der Waals surface area (Å²) in [6, 6.07) is 0.369. The van der Waals surface area contributed by atoms with Crippen LogP contribution in [-0.2, 0) is 0 Å². The standard InChI is InChI=1S/C8H15N3/c1-5-10-8(9)7(4)11-6(2)3/h6,11H,1,9H2,2-4H3/b8-7+. The highest BCUT2D eigenvalue weighted by Crippen LogP contribution is 1.95. The summed E-state index contributed by atoms with van der Waals surface area (Å²) >= 11 is 0. The fraction of sp³-hybridized carbons (Fsp3) is 0.500. The van der Waals surface area contributed by atoms with Gasteiger partial charge in [-0.05, 0) is 33.2 Å². The second-order valence-electron chi connectivity index (χ2n) is 2.58. The molecule has 0 aromatic heterocycles. The number of aliphatic imine (C=N–C) groups is 1. The van der Waals surface area contributed by atoms with Gasteiger partial charge in [0.25, 0.3) is 0 Å². The lowest BCUT2D eigenvalue weighted by Gasteiger charge is -2.10. The molecule has 0 aromatic rings. The van der Waals surface area contributed by atoms with E-state index in [4.69, 9.17) is 5.73 Å². The van der Waals surface area contributed by atoms with Crippen molar-refractivity contribution in [3.05, 3.63) is 18.1 Å². The summed E-state index contributed by atoms with van der Waals surface area (Å²) in [5.41, 5.74) is 6.38. The van der Waals surface area contributed by atoms with E-state index in [2.05, 4.69) is 22.8 Å². The molecule has 62 valence electrons. The average Bonchev–Trinajstić information content (AvgIpc) is 1.86. The fourth-order valence-corrected chi connectivity index (χ4v) is 0.676. The van der Waals surface area contributed by atoms with Crippen molar-refractivity contribution in [2.45, 2.75) is 26.8 Å². The maximum absolute atomic E-state index is 5.52. The molecule has 0 radical (unpaired) electrons. The lowest BCUT2D eigenvalue weighted by Crippen LogP contribution is -2.23. The minimum Gasteiger partial charge on any atom is -0.383 e. The van der Waals surface area contributed by atoms with E-state index in [0.29, 0.717) is 11.9 Å². The second kappa shape index (κ2) is 4.58. The molecule has 0 spiro atoms. The highest BCUT2D eigenvalue weighted by molar-refractivity contribution is 5.48. The van der Waals surface area contributed by atoms with Gasteiger partial charge in [-0.25, -0.2) is 0 Å². The monoisotopic (exact) mass is 153 g/mol. The van der Waals surface area contributed by atoms with Crippen molar-refractivity contribution in [2.75, 3.05) is 0 Å². The SMILES string of the molecule is C=C=N/C(N)=C(\C)NC(C)C. The summed E-state index contributed by atoms with van der Waals surface area (Å²) in [6.45, 7) is 9.27. The Hall–Kier alpha value is -1.21. The molecule has 0 heterocycles. The van der Waals surface area contributed by atoms with Crippen LogP contribution in [0.5, 0.6) is 0 Å². The van der Waals surface area contributed by atoms with E-state index in [1.165, 1.54) is 0 Å². The van der Waals surface area contributed by atoms with Crippen molar-refractivity contribution in [1.29, 1.82) is 0 Å². The topological polar surface area (TPSA) is 50.4 Å². The number of nitrogens with one attached hydrogen (secondary N) is 1. The van der Waals surface area contributed by atoms with Gasteiger partial charge < -0.3 is 11.1 Å². The van der Waals surface area contributed by atoms with Crippen LogP contribution in [0.4, 0.5) is 0 Å². The molecule has 3 N–H and O–H groups in total. The second-order valence-corrected chi connectivity index (χ2v) is 2.58. The van der Waals surface area contributed by atoms with E-state index in [9.17, 15) is 0 Å². The smallest absolute Gasteiger partial charge is 0.151 e. The molecule has 0 atom stereocenters. The van der Waals surface area contributed by atoms with Crippen LogP contribution in [-0.4, -0.2) is 11.9 Å². The van der Waals surface area contributed by atoms with Crippen LogP contribution in [0.1, 0.15) is 20.8 Å². The highest BCUT2D eigenvalue weighted by Gasteiger charge is 1.96. The number of nitrogens with zero attached hydrogens (tertiary/aromatic N) is 1. The van der Waals surface area contributed by atoms with Crippen molar-refractivity contribution in [3.63, 3.8) is 0 Å². The summed E-state index contributed by atoms with van der Waals surface area (Å²) in [5.74, 6) is 2.81. The minimum absolute atomic E-state index is 0.369. The maximum Gasteiger partial charge on any atom is 0.151 e. The largest absolute Gasteiger partial charge is 0.383 e. The summed E-state index contributed by atoms with van der Waals surface area (Å²) < 4.78 is 0. The zero-order valence-corrected chi connectivity index (χ0v) is 7.31. The first-order valence-electron chi connectivity index (χ1n) is 3.53. The van der Waals surface area contributed by atoms with E-state index in [1.807, 2.05) is 20.8 Å². The van der Waals surface area contributed by atoms with Gasteiger partial charge in [-0.3, -0.25) is 0 Å². The molecule has 0 rings (SSSR count). The molecule has 3 heteroatoms. The van der Waals surface area contributed by atoms with Crippen molar-refractivity contribution in [2.24, 2.45) is 10.7 Å². The zero-order chi connectivity index (χ0) is 8.85. The Balaban J connectivity index is 4.27. The van der Waals surface area contributed by atoms with Gasteiger partial charge in [0, 0.05) is 6.04 Å². The van der Waals surface area contributed by atoms with Gasteiger partial charge in [0.2, 0.25) is 0 Å².